The summed E-state index contributed by atoms with van der Waals surface area (Å²) in [6, 6.07) is 6.22. The first-order chi connectivity index (χ1) is 12.9. The standard InChI is InChI=1S/C18H18ClN3O2S3/c19-11-5-7-12(8-6-11)27(23,24)10-9-25-18-21-16(20)15-13-3-1-2-4-14(13)26-17(15)22-18/h5-8H,1-4,9-10H2,(H2,20,21,22). The van der Waals surface area contributed by atoms with Gasteiger partial charge in [-0.3, -0.25) is 0 Å². The first kappa shape index (κ1) is 19.0. The molecule has 1 aromatic carbocycles. The molecular weight excluding hydrogens is 422 g/mol. The second kappa shape index (κ2) is 7.58. The predicted molar refractivity (Wildman–Crippen MR) is 113 cm³/mol. The highest BCUT2D eigenvalue weighted by molar-refractivity contribution is 8.00. The zero-order valence-corrected chi connectivity index (χ0v) is 17.6. The van der Waals surface area contributed by atoms with Crippen molar-refractivity contribution in [1.82, 2.24) is 9.97 Å². The van der Waals surface area contributed by atoms with E-state index in [2.05, 4.69) is 9.97 Å². The Labute approximate surface area is 171 Å². The molecule has 0 bridgehead atoms. The minimum absolute atomic E-state index is 0.00153. The summed E-state index contributed by atoms with van der Waals surface area (Å²) in [5.41, 5.74) is 7.51. The molecule has 0 atom stereocenters. The van der Waals surface area contributed by atoms with E-state index >= 15 is 0 Å². The lowest BCUT2D eigenvalue weighted by atomic mass is 9.97. The van der Waals surface area contributed by atoms with E-state index < -0.39 is 9.84 Å². The van der Waals surface area contributed by atoms with Gasteiger partial charge in [-0.15, -0.1) is 11.3 Å². The number of anilines is 1. The topological polar surface area (TPSA) is 85.9 Å². The fourth-order valence-electron chi connectivity index (χ4n) is 3.23. The number of aromatic nitrogens is 2. The van der Waals surface area contributed by atoms with Crippen LogP contribution in [0.15, 0.2) is 34.3 Å². The molecule has 0 saturated carbocycles. The lowest BCUT2D eigenvalue weighted by Crippen LogP contribution is -2.09. The number of rotatable bonds is 5. The van der Waals surface area contributed by atoms with Crippen LogP contribution in [0.1, 0.15) is 23.3 Å². The van der Waals surface area contributed by atoms with Crippen molar-refractivity contribution in [3.63, 3.8) is 0 Å². The van der Waals surface area contributed by atoms with Crippen LogP contribution in [0.2, 0.25) is 5.02 Å². The highest BCUT2D eigenvalue weighted by Gasteiger charge is 2.20. The average Bonchev–Trinajstić information content (AvgIpc) is 3.00. The summed E-state index contributed by atoms with van der Waals surface area (Å²) in [6.07, 6.45) is 4.50. The highest BCUT2D eigenvalue weighted by Crippen LogP contribution is 2.38. The Morgan fingerprint density at radius 3 is 2.67 bits per heavy atom. The second-order valence-electron chi connectivity index (χ2n) is 6.40. The molecule has 1 aliphatic carbocycles. The van der Waals surface area contributed by atoms with Crippen LogP contribution in [-0.4, -0.2) is 29.9 Å². The van der Waals surface area contributed by atoms with Crippen molar-refractivity contribution in [2.45, 2.75) is 35.7 Å². The van der Waals surface area contributed by atoms with Gasteiger partial charge in [-0.25, -0.2) is 18.4 Å². The number of halogens is 1. The Balaban J connectivity index is 1.50. The van der Waals surface area contributed by atoms with E-state index in [1.807, 2.05) is 0 Å². The number of hydrogen-bond donors (Lipinski definition) is 1. The van der Waals surface area contributed by atoms with Crippen molar-refractivity contribution in [3.05, 3.63) is 39.7 Å². The predicted octanol–water partition coefficient (Wildman–Crippen LogP) is 4.37. The molecule has 0 radical (unpaired) electrons. The number of fused-ring (bicyclic) bond motifs is 3. The van der Waals surface area contributed by atoms with Gasteiger partial charge in [0.15, 0.2) is 15.0 Å². The Morgan fingerprint density at radius 1 is 1.15 bits per heavy atom. The van der Waals surface area contributed by atoms with Crippen LogP contribution in [0.5, 0.6) is 0 Å². The molecule has 0 unspecified atom stereocenters. The molecule has 3 aromatic rings. The molecule has 0 aliphatic heterocycles. The summed E-state index contributed by atoms with van der Waals surface area (Å²) in [6.45, 7) is 0. The minimum atomic E-state index is -3.37. The molecule has 0 fully saturated rings. The van der Waals surface area contributed by atoms with E-state index in [0.717, 1.165) is 23.1 Å². The van der Waals surface area contributed by atoms with Crippen molar-refractivity contribution in [2.24, 2.45) is 0 Å². The van der Waals surface area contributed by atoms with E-state index in [0.29, 0.717) is 21.7 Å². The first-order valence-electron chi connectivity index (χ1n) is 8.63. The third-order valence-corrected chi connectivity index (χ3v) is 8.86. The number of hydrogen-bond acceptors (Lipinski definition) is 7. The molecule has 0 spiro atoms. The second-order valence-corrected chi connectivity index (χ2v) is 11.1. The summed E-state index contributed by atoms with van der Waals surface area (Å²) < 4.78 is 24.9. The van der Waals surface area contributed by atoms with Gasteiger partial charge >= 0.3 is 0 Å². The molecule has 4 rings (SSSR count). The molecule has 142 valence electrons. The Morgan fingerprint density at radius 2 is 1.89 bits per heavy atom. The van der Waals surface area contributed by atoms with Gasteiger partial charge in [0.1, 0.15) is 10.6 Å². The van der Waals surface area contributed by atoms with Gasteiger partial charge in [0.05, 0.1) is 16.0 Å². The third-order valence-electron chi connectivity index (χ3n) is 4.58. The van der Waals surface area contributed by atoms with Gasteiger partial charge in [0.2, 0.25) is 0 Å². The summed E-state index contributed by atoms with van der Waals surface area (Å²) in [5, 5.41) is 2.04. The van der Waals surface area contributed by atoms with Crippen LogP contribution in [0.4, 0.5) is 5.82 Å². The van der Waals surface area contributed by atoms with Crippen LogP contribution < -0.4 is 5.73 Å². The zero-order valence-electron chi connectivity index (χ0n) is 14.4. The van der Waals surface area contributed by atoms with E-state index in [-0.39, 0.29) is 10.6 Å². The van der Waals surface area contributed by atoms with Gasteiger partial charge in [-0.1, -0.05) is 23.4 Å². The lowest BCUT2D eigenvalue weighted by Gasteiger charge is -2.10. The monoisotopic (exact) mass is 439 g/mol. The first-order valence-corrected chi connectivity index (χ1v) is 12.5. The van der Waals surface area contributed by atoms with Crippen LogP contribution in [-0.2, 0) is 22.7 Å². The third kappa shape index (κ3) is 3.94. The molecule has 27 heavy (non-hydrogen) atoms. The maximum atomic E-state index is 12.4. The molecular formula is C18H18ClN3O2S3. The number of nitrogens with zero attached hydrogens (tertiary/aromatic N) is 2. The number of nitrogens with two attached hydrogens (primary N) is 1. The largest absolute Gasteiger partial charge is 0.383 e. The molecule has 1 aliphatic rings. The number of sulfone groups is 1. The number of aryl methyl sites for hydroxylation is 2. The average molecular weight is 440 g/mol. The maximum Gasteiger partial charge on any atom is 0.190 e. The molecule has 2 N–H and O–H groups in total. The Bertz CT molecular complexity index is 1100. The Hall–Kier alpha value is -1.35. The molecule has 9 heteroatoms. The fraction of sp³-hybridized carbons (Fsp3) is 0.333. The van der Waals surface area contributed by atoms with Crippen molar-refractivity contribution >= 4 is 60.6 Å². The van der Waals surface area contributed by atoms with E-state index in [1.165, 1.54) is 47.2 Å². The van der Waals surface area contributed by atoms with Crippen molar-refractivity contribution in [1.29, 1.82) is 0 Å². The Kier molecular flexibility index (Phi) is 5.33. The number of thioether (sulfide) groups is 1. The van der Waals surface area contributed by atoms with Gasteiger partial charge in [-0.05, 0) is 55.5 Å². The molecule has 0 saturated heterocycles. The molecule has 2 aromatic heterocycles. The highest BCUT2D eigenvalue weighted by atomic mass is 35.5. The smallest absolute Gasteiger partial charge is 0.190 e. The van der Waals surface area contributed by atoms with Crippen molar-refractivity contribution in [3.8, 4) is 0 Å². The van der Waals surface area contributed by atoms with E-state index in [9.17, 15) is 8.42 Å². The zero-order chi connectivity index (χ0) is 19.0. The van der Waals surface area contributed by atoms with E-state index in [4.69, 9.17) is 17.3 Å². The van der Waals surface area contributed by atoms with Crippen LogP contribution in [0.25, 0.3) is 10.2 Å². The van der Waals surface area contributed by atoms with Gasteiger partial charge in [-0.2, -0.15) is 0 Å². The maximum absolute atomic E-state index is 12.4. The van der Waals surface area contributed by atoms with Crippen molar-refractivity contribution < 1.29 is 8.42 Å². The lowest BCUT2D eigenvalue weighted by molar-refractivity contribution is 0.597. The van der Waals surface area contributed by atoms with E-state index in [1.54, 1.807) is 23.5 Å². The van der Waals surface area contributed by atoms with Crippen LogP contribution in [0, 0.1) is 0 Å². The summed E-state index contributed by atoms with van der Waals surface area (Å²) in [4.78, 5) is 11.6. The number of benzene rings is 1. The minimum Gasteiger partial charge on any atom is -0.383 e. The molecule has 5 nitrogen and oxygen atoms in total. The molecule has 2 heterocycles. The van der Waals surface area contributed by atoms with Crippen molar-refractivity contribution in [2.75, 3.05) is 17.2 Å². The summed E-state index contributed by atoms with van der Waals surface area (Å²) >= 11 is 8.83. The quantitative estimate of drug-likeness (QED) is 0.469. The summed E-state index contributed by atoms with van der Waals surface area (Å²) in [7, 11) is -3.37. The van der Waals surface area contributed by atoms with Crippen LogP contribution in [0.3, 0.4) is 0 Å². The fourth-order valence-corrected chi connectivity index (χ4v) is 7.18. The number of thiophene rings is 1. The molecule has 0 amide bonds. The van der Waals surface area contributed by atoms with Gasteiger partial charge in [0.25, 0.3) is 0 Å². The summed E-state index contributed by atoms with van der Waals surface area (Å²) in [5.74, 6) is 0.866. The SMILES string of the molecule is Nc1nc(SCCS(=O)(=O)c2ccc(Cl)cc2)nc2sc3c(c12)CCCC3. The van der Waals surface area contributed by atoms with Gasteiger partial charge in [0, 0.05) is 15.7 Å². The van der Waals surface area contributed by atoms with Crippen LogP contribution >= 0.6 is 34.7 Å². The normalized spacial score (nSPS) is 14.4. The number of nitrogen functional groups attached to an aromatic ring is 1. The van der Waals surface area contributed by atoms with Gasteiger partial charge < -0.3 is 5.73 Å².